The lowest BCUT2D eigenvalue weighted by atomic mass is 9.13. The highest BCUT2D eigenvalue weighted by Crippen LogP contribution is 2.18. The molecule has 0 saturated heterocycles. The molecular formula is C42H52BF4N5. The van der Waals surface area contributed by atoms with Gasteiger partial charge in [0.15, 0.2) is 0 Å². The highest BCUT2D eigenvalue weighted by Gasteiger charge is 2.33. The molecule has 4 aromatic carbocycles. The number of hydrogen-bond acceptors (Lipinski definition) is 0. The van der Waals surface area contributed by atoms with Crippen LogP contribution < -0.4 is 32.2 Å². The molecule has 0 aromatic heterocycles. The fourth-order valence-electron chi connectivity index (χ4n) is 7.95. The zero-order valence-corrected chi connectivity index (χ0v) is 30.9. The number of nitrogens with zero attached hydrogens (tertiary/aromatic N) is 3. The Labute approximate surface area is 306 Å². The third kappa shape index (κ3) is 9.84. The molecule has 2 fully saturated rings. The van der Waals surface area contributed by atoms with Gasteiger partial charge in [0.2, 0.25) is 0 Å². The molecule has 10 heteroatoms. The summed E-state index contributed by atoms with van der Waals surface area (Å²) in [5.74, 6) is -0.000319. The lowest BCUT2D eigenvalue weighted by molar-refractivity contribution is -0.510. The van der Waals surface area contributed by atoms with Crippen molar-refractivity contribution in [1.82, 2.24) is 15.1 Å². The minimum absolute atomic E-state index is 0.488. The zero-order valence-electron chi connectivity index (χ0n) is 30.9. The van der Waals surface area contributed by atoms with Gasteiger partial charge in [0.1, 0.15) is 29.4 Å². The maximum absolute atomic E-state index is 14.3. The molecule has 2 aliphatic carbocycles. The van der Waals surface area contributed by atoms with Gasteiger partial charge in [-0.15, -0.1) is 0 Å². The van der Waals surface area contributed by atoms with E-state index in [4.69, 9.17) is 4.99 Å². The predicted molar refractivity (Wildman–Crippen MR) is 208 cm³/mol. The van der Waals surface area contributed by atoms with Gasteiger partial charge in [0, 0.05) is 28.2 Å². The molecule has 5 nitrogen and oxygen atoms in total. The second-order valence-corrected chi connectivity index (χ2v) is 14.6. The molecule has 0 aliphatic heterocycles. The maximum atomic E-state index is 14.3. The molecule has 0 spiro atoms. The number of nitrogens with one attached hydrogen (secondary N) is 2. The van der Waals surface area contributed by atoms with Crippen LogP contribution in [0.4, 0.5) is 17.6 Å². The zero-order chi connectivity index (χ0) is 37.1. The van der Waals surface area contributed by atoms with Crippen LogP contribution in [-0.2, 0) is 0 Å². The summed E-state index contributed by atoms with van der Waals surface area (Å²) in [5.41, 5.74) is 1.97. The summed E-state index contributed by atoms with van der Waals surface area (Å²) < 4.78 is 57.1. The van der Waals surface area contributed by atoms with Gasteiger partial charge in [-0.2, -0.15) is 21.9 Å². The van der Waals surface area contributed by atoms with Crippen LogP contribution in [0, 0.1) is 23.3 Å². The van der Waals surface area contributed by atoms with Crippen LogP contribution in [0.5, 0.6) is 0 Å². The van der Waals surface area contributed by atoms with Crippen molar-refractivity contribution in [2.45, 2.75) is 76.3 Å². The normalized spacial score (nSPS) is 15.7. The molecule has 276 valence electrons. The topological polar surface area (TPSA) is 44.8 Å². The van der Waals surface area contributed by atoms with E-state index in [2.05, 4.69) is 48.3 Å². The van der Waals surface area contributed by atoms with Crippen LogP contribution in [-0.4, -0.2) is 68.1 Å². The largest absolute Gasteiger partial charge is 0.388 e. The first-order valence-corrected chi connectivity index (χ1v) is 18.6. The minimum atomic E-state index is -2.25. The van der Waals surface area contributed by atoms with Crippen molar-refractivity contribution in [3.63, 3.8) is 0 Å². The molecule has 4 aromatic rings. The van der Waals surface area contributed by atoms with Crippen LogP contribution in [0.1, 0.15) is 64.2 Å². The average molecular weight is 714 g/mol. The highest BCUT2D eigenvalue weighted by molar-refractivity contribution is 7.19. The molecule has 2 aliphatic rings. The summed E-state index contributed by atoms with van der Waals surface area (Å²) in [6.07, 6.45) is 10.9. The standard InChI is InChI=1S/C24H16BF4.C18H35N5/c26-21-9-1-5-17(13-21)25(18-6-2-10-22(27)14-18,19-7-3-11-23(28)15-19)20-8-4-12-24(29)16-20;1-22(2)18(23(3)4)21-17(19-15-11-7-5-8-12-15)20-16-13-9-6-10-14-16/h1-16H;15-16H,5-14H2,1-4H3,(H,19,20)/q-1;/p+1. The number of aliphatic imine (C=N–C) groups is 1. The molecule has 0 bridgehead atoms. The molecule has 2 N–H and O–H groups in total. The van der Waals surface area contributed by atoms with Gasteiger partial charge in [-0.1, -0.05) is 111 Å². The van der Waals surface area contributed by atoms with Crippen LogP contribution in [0.2, 0.25) is 0 Å². The second-order valence-electron chi connectivity index (χ2n) is 14.6. The Bertz CT molecular complexity index is 1620. The van der Waals surface area contributed by atoms with E-state index in [0.717, 1.165) is 11.9 Å². The van der Waals surface area contributed by atoms with E-state index in [-0.39, 0.29) is 0 Å². The van der Waals surface area contributed by atoms with Crippen LogP contribution >= 0.6 is 0 Å². The molecule has 0 heterocycles. The van der Waals surface area contributed by atoms with E-state index in [0.29, 0.717) is 33.9 Å². The van der Waals surface area contributed by atoms with Gasteiger partial charge < -0.3 is 9.80 Å². The number of rotatable bonds is 6. The lowest BCUT2D eigenvalue weighted by Gasteiger charge is -2.44. The van der Waals surface area contributed by atoms with Gasteiger partial charge >= 0.3 is 5.96 Å². The summed E-state index contributed by atoms with van der Waals surface area (Å²) >= 11 is 0. The quantitative estimate of drug-likeness (QED) is 0.131. The first kappa shape index (κ1) is 38.6. The Balaban J connectivity index is 0.000000207. The molecule has 0 unspecified atom stereocenters. The van der Waals surface area contributed by atoms with E-state index >= 15 is 0 Å². The van der Waals surface area contributed by atoms with E-state index < -0.39 is 29.4 Å². The summed E-state index contributed by atoms with van der Waals surface area (Å²) in [6.45, 7) is 0. The van der Waals surface area contributed by atoms with Crippen molar-refractivity contribution in [1.29, 1.82) is 0 Å². The molecule has 0 amide bonds. The number of guanidine groups is 2. The van der Waals surface area contributed by atoms with E-state index in [1.54, 1.807) is 48.5 Å². The van der Waals surface area contributed by atoms with E-state index in [9.17, 15) is 17.6 Å². The SMILES string of the molecule is CN(C)C(=N/C(NC1CCCCC1)=[NH+]\C1CCCCC1)N(C)C.Fc1cccc([B-](c2cccc(F)c2)(c2cccc(F)c2)c2cccc(F)c2)c1. The number of hydrogen-bond donors (Lipinski definition) is 2. The average Bonchev–Trinajstić information content (AvgIpc) is 3.12. The Morgan fingerprint density at radius 1 is 0.577 bits per heavy atom. The van der Waals surface area contributed by atoms with Crippen molar-refractivity contribution < 1.29 is 22.6 Å². The van der Waals surface area contributed by atoms with Gasteiger partial charge in [0.25, 0.3) is 5.96 Å². The third-order valence-corrected chi connectivity index (χ3v) is 10.3. The number of halogens is 4. The Morgan fingerprint density at radius 3 is 1.29 bits per heavy atom. The summed E-state index contributed by atoms with van der Waals surface area (Å²) in [4.78, 5) is 12.8. The van der Waals surface area contributed by atoms with Crippen molar-refractivity contribution in [2.75, 3.05) is 28.2 Å². The molecular weight excluding hydrogens is 661 g/mol. The first-order valence-electron chi connectivity index (χ1n) is 18.6. The highest BCUT2D eigenvalue weighted by atomic mass is 19.1. The molecule has 0 atom stereocenters. The number of benzene rings is 4. The Hall–Kier alpha value is -4.60. The van der Waals surface area contributed by atoms with Crippen molar-refractivity contribution in [3.05, 3.63) is 120 Å². The van der Waals surface area contributed by atoms with Crippen molar-refractivity contribution in [3.8, 4) is 0 Å². The molecule has 2 saturated carbocycles. The predicted octanol–water partition coefficient (Wildman–Crippen LogP) is 4.78. The first-order chi connectivity index (χ1) is 25.1. The summed E-state index contributed by atoms with van der Waals surface area (Å²) in [7, 11) is 8.21. The molecule has 0 radical (unpaired) electrons. The fraction of sp³-hybridized carbons (Fsp3) is 0.381. The van der Waals surface area contributed by atoms with Crippen LogP contribution in [0.15, 0.2) is 102 Å². The molecule has 6 rings (SSSR count). The van der Waals surface area contributed by atoms with Crippen LogP contribution in [0.3, 0.4) is 0 Å². The van der Waals surface area contributed by atoms with Gasteiger partial charge in [-0.3, -0.25) is 10.3 Å². The summed E-state index contributed by atoms with van der Waals surface area (Å²) in [6, 6.07) is 24.6. The van der Waals surface area contributed by atoms with Crippen molar-refractivity contribution in [2.24, 2.45) is 4.99 Å². The van der Waals surface area contributed by atoms with E-state index in [1.807, 2.05) is 0 Å². The third-order valence-electron chi connectivity index (χ3n) is 10.3. The summed E-state index contributed by atoms with van der Waals surface area (Å²) in [5, 5.41) is 3.71. The maximum Gasteiger partial charge on any atom is 0.388 e. The minimum Gasteiger partial charge on any atom is -0.335 e. The fourth-order valence-corrected chi connectivity index (χ4v) is 7.95. The smallest absolute Gasteiger partial charge is 0.335 e. The van der Waals surface area contributed by atoms with E-state index in [1.165, 1.54) is 113 Å². The Kier molecular flexibility index (Phi) is 13.6. The van der Waals surface area contributed by atoms with Crippen LogP contribution in [0.25, 0.3) is 0 Å². The Morgan fingerprint density at radius 2 is 0.942 bits per heavy atom. The van der Waals surface area contributed by atoms with Gasteiger partial charge in [0.05, 0.1) is 12.1 Å². The monoisotopic (exact) mass is 713 g/mol. The van der Waals surface area contributed by atoms with Crippen molar-refractivity contribution >= 4 is 39.9 Å². The second kappa shape index (κ2) is 18.2. The van der Waals surface area contributed by atoms with Gasteiger partial charge in [-0.05, 0) is 54.9 Å². The molecule has 52 heavy (non-hydrogen) atoms. The van der Waals surface area contributed by atoms with Gasteiger partial charge in [-0.25, -0.2) is 17.6 Å². The lowest BCUT2D eigenvalue weighted by Crippen LogP contribution is -2.82.